The summed E-state index contributed by atoms with van der Waals surface area (Å²) in [5.41, 5.74) is 0.638. The monoisotopic (exact) mass is 408 g/mol. The normalized spacial score (nSPS) is 8.36. The van der Waals surface area contributed by atoms with Crippen molar-refractivity contribution in [1.29, 1.82) is 0 Å². The molecule has 0 fully saturated rings. The zero-order valence-electron chi connectivity index (χ0n) is 7.53. The Bertz CT molecular complexity index is 269. The van der Waals surface area contributed by atoms with E-state index < -0.39 is 23.1 Å². The van der Waals surface area contributed by atoms with Crippen LogP contribution in [-0.2, 0) is 27.2 Å². The maximum absolute atomic E-state index is 11.3. The third kappa shape index (κ3) is 5.76. The van der Waals surface area contributed by atoms with Gasteiger partial charge in [-0.05, 0) is 0 Å². The molecule has 1 aromatic carbocycles. The van der Waals surface area contributed by atoms with Crippen molar-refractivity contribution in [3.8, 4) is 0 Å². The van der Waals surface area contributed by atoms with Gasteiger partial charge >= 0.3 is 123 Å². The Balaban J connectivity index is 0.00000169. The number of benzene rings is 1. The molecule has 0 bridgehead atoms. The van der Waals surface area contributed by atoms with Crippen molar-refractivity contribution < 1.29 is 32.0 Å². The topological polar surface area (TPSA) is 26.3 Å². The average molecular weight is 407 g/mol. The molecule has 0 aromatic heterocycles. The van der Waals surface area contributed by atoms with Crippen molar-refractivity contribution in [2.24, 2.45) is 0 Å². The Morgan fingerprint density at radius 1 is 1.43 bits per heavy atom. The van der Waals surface area contributed by atoms with Crippen LogP contribution in [0, 0.1) is 0 Å². The molecule has 14 heavy (non-hydrogen) atoms. The number of hydrogen-bond donors (Lipinski definition) is 0. The van der Waals surface area contributed by atoms with E-state index in [-0.39, 0.29) is 35.5 Å². The van der Waals surface area contributed by atoms with Crippen LogP contribution >= 0.6 is 8.52 Å². The van der Waals surface area contributed by atoms with Gasteiger partial charge in [-0.25, -0.2) is 0 Å². The second kappa shape index (κ2) is 9.22. The molecule has 2 nitrogen and oxygen atoms in total. The third-order valence-corrected chi connectivity index (χ3v) is 10.4. The van der Waals surface area contributed by atoms with Crippen LogP contribution in [0.4, 0.5) is 0 Å². The molecular formula is C9H11HgNaO2S. The summed E-state index contributed by atoms with van der Waals surface area (Å²) < 4.78 is 6.27. The summed E-state index contributed by atoms with van der Waals surface area (Å²) in [5, 5.41) is 0. The van der Waals surface area contributed by atoms with Gasteiger partial charge in [-0.2, -0.15) is 0 Å². The van der Waals surface area contributed by atoms with Crippen molar-refractivity contribution >= 4 is 44.0 Å². The molecule has 0 radical (unpaired) electrons. The van der Waals surface area contributed by atoms with Crippen molar-refractivity contribution in [1.82, 2.24) is 0 Å². The van der Waals surface area contributed by atoms with Gasteiger partial charge in [0.15, 0.2) is 0 Å². The Morgan fingerprint density at radius 2 is 2.07 bits per heavy atom. The van der Waals surface area contributed by atoms with Crippen molar-refractivity contribution in [3.05, 3.63) is 35.9 Å². The van der Waals surface area contributed by atoms with Crippen LogP contribution in [0.2, 0.25) is 3.93 Å². The van der Waals surface area contributed by atoms with Crippen molar-refractivity contribution in [2.45, 2.75) is 10.9 Å². The number of rotatable bonds is 4. The second-order valence-electron chi connectivity index (χ2n) is 2.56. The predicted octanol–water partition coefficient (Wildman–Crippen LogP) is 2.28. The van der Waals surface area contributed by atoms with E-state index in [1.807, 2.05) is 18.2 Å². The quantitative estimate of drug-likeness (QED) is 0.436. The van der Waals surface area contributed by atoms with Crippen LogP contribution in [0.25, 0.3) is 0 Å². The van der Waals surface area contributed by atoms with E-state index in [1.165, 1.54) is 12.5 Å². The first-order chi connectivity index (χ1) is 6.34. The summed E-state index contributed by atoms with van der Waals surface area (Å²) in [4.78, 5) is 11.3. The van der Waals surface area contributed by atoms with Gasteiger partial charge in [0.05, 0.1) is 0 Å². The van der Waals surface area contributed by atoms with Crippen LogP contribution in [-0.4, -0.2) is 35.5 Å². The van der Waals surface area contributed by atoms with E-state index in [2.05, 4.69) is 6.92 Å². The molecule has 0 saturated heterocycles. The number of carbonyl (C=O) groups is 1. The molecule has 0 atom stereocenters. The predicted molar refractivity (Wildman–Crippen MR) is 57.1 cm³/mol. The molecule has 0 spiro atoms. The van der Waals surface area contributed by atoms with Gasteiger partial charge in [-0.15, -0.1) is 0 Å². The van der Waals surface area contributed by atoms with E-state index in [4.69, 9.17) is 4.18 Å². The van der Waals surface area contributed by atoms with Crippen LogP contribution in [0.1, 0.15) is 17.3 Å². The van der Waals surface area contributed by atoms with Crippen LogP contribution in [0.3, 0.4) is 0 Å². The van der Waals surface area contributed by atoms with Crippen molar-refractivity contribution in [3.63, 3.8) is 0 Å². The molecule has 0 aliphatic rings. The van der Waals surface area contributed by atoms with Gasteiger partial charge in [0.25, 0.3) is 0 Å². The molecule has 0 aliphatic heterocycles. The van der Waals surface area contributed by atoms with E-state index in [0.717, 1.165) is 0 Å². The Hall–Kier alpha value is 0.975. The zero-order chi connectivity index (χ0) is 9.52. The average Bonchev–Trinajstić information content (AvgIpc) is 2.19. The maximum atomic E-state index is 11.3. The van der Waals surface area contributed by atoms with Crippen LogP contribution < -0.4 is 0 Å². The fourth-order valence-electron chi connectivity index (χ4n) is 0.801. The van der Waals surface area contributed by atoms with E-state index in [1.54, 1.807) is 12.1 Å². The van der Waals surface area contributed by atoms with Gasteiger partial charge in [0, 0.05) is 0 Å². The molecule has 5 heteroatoms. The standard InChI is InChI=1S/C7H6O2S.C2H5.Hg.Na.H/c8-7(9-10)6-4-2-1-3-5-6;1-2;;;/h1-5,10H;1H2,2H3;;;/q;;+1;;/p-1. The first kappa shape index (κ1) is 15.0. The fourth-order valence-corrected chi connectivity index (χ4v) is 5.42. The van der Waals surface area contributed by atoms with Gasteiger partial charge in [-0.1, -0.05) is 0 Å². The molecule has 0 N–H and O–H groups in total. The van der Waals surface area contributed by atoms with Crippen molar-refractivity contribution in [2.75, 3.05) is 0 Å². The molecule has 1 rings (SSSR count). The fraction of sp³-hybridized carbons (Fsp3) is 0.222. The molecule has 0 heterocycles. The summed E-state index contributed by atoms with van der Waals surface area (Å²) >= 11 is -0.911. The SMILES string of the molecule is C[CH2][Hg][S]OC(=O)c1ccccc1.[NaH]. The second-order valence-corrected chi connectivity index (χ2v) is 14.8. The van der Waals surface area contributed by atoms with E-state index >= 15 is 0 Å². The summed E-state index contributed by atoms with van der Waals surface area (Å²) in [6.07, 6.45) is 0. The van der Waals surface area contributed by atoms with Gasteiger partial charge < -0.3 is 0 Å². The first-order valence-electron chi connectivity index (χ1n) is 4.23. The molecule has 1 aromatic rings. The summed E-state index contributed by atoms with van der Waals surface area (Å²) in [5.74, 6) is -0.209. The molecule has 0 aliphatic carbocycles. The molecule has 68 valence electrons. The minimum absolute atomic E-state index is 0. The van der Waals surface area contributed by atoms with Gasteiger partial charge in [0.1, 0.15) is 0 Å². The zero-order valence-corrected chi connectivity index (χ0v) is 13.8. The Kier molecular flexibility index (Phi) is 9.86. The number of carbonyl (C=O) groups excluding carboxylic acids is 1. The van der Waals surface area contributed by atoms with Crippen LogP contribution in [0.15, 0.2) is 30.3 Å². The summed E-state index contributed by atoms with van der Waals surface area (Å²) in [6, 6.07) is 9.10. The Labute approximate surface area is 121 Å². The van der Waals surface area contributed by atoms with Crippen LogP contribution in [0.5, 0.6) is 0 Å². The molecule has 0 saturated carbocycles. The number of hydrogen-bond acceptors (Lipinski definition) is 3. The third-order valence-electron chi connectivity index (χ3n) is 1.43. The minimum atomic E-state index is -0.911. The summed E-state index contributed by atoms with van der Waals surface area (Å²) in [7, 11) is 1.43. The molecule has 0 unspecified atom stereocenters. The van der Waals surface area contributed by atoms with Gasteiger partial charge in [0.2, 0.25) is 0 Å². The summed E-state index contributed by atoms with van der Waals surface area (Å²) in [6.45, 7) is 2.14. The van der Waals surface area contributed by atoms with E-state index in [0.29, 0.717) is 5.56 Å². The first-order valence-corrected chi connectivity index (χ1v) is 15.8. The molecule has 0 amide bonds. The van der Waals surface area contributed by atoms with E-state index in [9.17, 15) is 4.79 Å². The van der Waals surface area contributed by atoms with Gasteiger partial charge in [-0.3, -0.25) is 0 Å². The Morgan fingerprint density at radius 3 is 2.64 bits per heavy atom. The molecular weight excluding hydrogens is 396 g/mol.